The fraction of sp³-hybridized carbons (Fsp3) is 0.375. The zero-order chi connectivity index (χ0) is 16.1. The van der Waals surface area contributed by atoms with Crippen molar-refractivity contribution in [2.45, 2.75) is 12.7 Å². The van der Waals surface area contributed by atoms with E-state index >= 15 is 0 Å². The summed E-state index contributed by atoms with van der Waals surface area (Å²) < 4.78 is 13.0. The number of nitrogens with one attached hydrogen (secondary N) is 2. The Morgan fingerprint density at radius 2 is 2.30 bits per heavy atom. The molecule has 1 unspecified atom stereocenters. The highest BCUT2D eigenvalue weighted by molar-refractivity contribution is 5.94. The molecule has 0 spiro atoms. The number of imidazole rings is 1. The molecule has 2 aromatic rings. The summed E-state index contributed by atoms with van der Waals surface area (Å²) >= 11 is 0. The molecule has 7 nitrogen and oxygen atoms in total. The smallest absolute Gasteiger partial charge is 0.254 e. The second-order valence-corrected chi connectivity index (χ2v) is 5.32. The number of ether oxygens (including phenoxy) is 2. The Hall–Kier alpha value is -2.38. The van der Waals surface area contributed by atoms with Crippen molar-refractivity contribution in [3.05, 3.63) is 42.5 Å². The van der Waals surface area contributed by atoms with Crippen molar-refractivity contribution in [1.29, 1.82) is 0 Å². The van der Waals surface area contributed by atoms with Gasteiger partial charge in [-0.05, 0) is 24.3 Å². The Morgan fingerprint density at radius 3 is 2.96 bits per heavy atom. The molecular weight excluding hydrogens is 296 g/mol. The van der Waals surface area contributed by atoms with Crippen molar-refractivity contribution in [2.75, 3.05) is 25.0 Å². The van der Waals surface area contributed by atoms with Crippen LogP contribution in [0.25, 0.3) is 0 Å². The molecule has 1 fully saturated rings. The van der Waals surface area contributed by atoms with E-state index in [2.05, 4.69) is 15.6 Å². The van der Waals surface area contributed by atoms with Gasteiger partial charge in [-0.2, -0.15) is 0 Å². The first-order valence-electron chi connectivity index (χ1n) is 7.54. The zero-order valence-electron chi connectivity index (χ0n) is 13.0. The SMILES string of the molecule is Cn1ccnc1COc1ccc(NC(=O)C2CNCCO2)cc1. The number of hydrogen-bond acceptors (Lipinski definition) is 5. The quantitative estimate of drug-likeness (QED) is 0.858. The number of aromatic nitrogens is 2. The first kappa shape index (κ1) is 15.5. The molecule has 1 aliphatic rings. The number of morpholine rings is 1. The molecule has 2 N–H and O–H groups in total. The molecule has 23 heavy (non-hydrogen) atoms. The summed E-state index contributed by atoms with van der Waals surface area (Å²) in [6.07, 6.45) is 3.17. The number of amides is 1. The normalized spacial score (nSPS) is 17.7. The maximum absolute atomic E-state index is 12.1. The molecule has 1 aliphatic heterocycles. The lowest BCUT2D eigenvalue weighted by atomic mass is 10.2. The minimum atomic E-state index is -0.442. The molecule has 0 bridgehead atoms. The fourth-order valence-corrected chi connectivity index (χ4v) is 2.27. The number of hydrogen-bond donors (Lipinski definition) is 2. The first-order valence-corrected chi connectivity index (χ1v) is 7.54. The maximum Gasteiger partial charge on any atom is 0.254 e. The summed E-state index contributed by atoms with van der Waals surface area (Å²) in [5.41, 5.74) is 0.716. The lowest BCUT2D eigenvalue weighted by Gasteiger charge is -2.22. The van der Waals surface area contributed by atoms with Crippen LogP contribution in [-0.4, -0.2) is 41.3 Å². The molecule has 2 heterocycles. The van der Waals surface area contributed by atoms with Gasteiger partial charge in [0, 0.05) is 38.2 Å². The number of aryl methyl sites for hydroxylation is 1. The highest BCUT2D eigenvalue weighted by atomic mass is 16.5. The van der Waals surface area contributed by atoms with Crippen LogP contribution < -0.4 is 15.4 Å². The lowest BCUT2D eigenvalue weighted by molar-refractivity contribution is -0.128. The van der Waals surface area contributed by atoms with E-state index in [1.54, 1.807) is 6.20 Å². The molecule has 122 valence electrons. The standard InChI is InChI=1S/C16H20N4O3/c1-20-8-6-18-15(20)11-23-13-4-2-12(3-5-13)19-16(21)14-10-17-7-9-22-14/h2-6,8,14,17H,7,9-11H2,1H3,(H,19,21). The molecule has 0 aliphatic carbocycles. The molecule has 1 saturated heterocycles. The van der Waals surface area contributed by atoms with Gasteiger partial charge in [-0.3, -0.25) is 4.79 Å². The van der Waals surface area contributed by atoms with Gasteiger partial charge in [0.25, 0.3) is 5.91 Å². The van der Waals surface area contributed by atoms with Crippen LogP contribution in [0.15, 0.2) is 36.7 Å². The van der Waals surface area contributed by atoms with E-state index in [4.69, 9.17) is 9.47 Å². The highest BCUT2D eigenvalue weighted by Crippen LogP contribution is 2.17. The Bertz CT molecular complexity index is 648. The van der Waals surface area contributed by atoms with Crippen molar-refractivity contribution in [2.24, 2.45) is 7.05 Å². The van der Waals surface area contributed by atoms with Gasteiger partial charge < -0.3 is 24.7 Å². The van der Waals surface area contributed by atoms with Gasteiger partial charge in [0.05, 0.1) is 6.61 Å². The van der Waals surface area contributed by atoms with Gasteiger partial charge in [-0.1, -0.05) is 0 Å². The van der Waals surface area contributed by atoms with Crippen molar-refractivity contribution in [3.63, 3.8) is 0 Å². The fourth-order valence-electron chi connectivity index (χ4n) is 2.27. The predicted octanol–water partition coefficient (Wildman–Crippen LogP) is 0.926. The van der Waals surface area contributed by atoms with E-state index in [1.807, 2.05) is 42.1 Å². The minimum Gasteiger partial charge on any atom is -0.486 e. The van der Waals surface area contributed by atoms with Gasteiger partial charge in [0.1, 0.15) is 24.3 Å². The second kappa shape index (κ2) is 7.26. The van der Waals surface area contributed by atoms with Crippen molar-refractivity contribution >= 4 is 11.6 Å². The van der Waals surface area contributed by atoms with Gasteiger partial charge >= 0.3 is 0 Å². The van der Waals surface area contributed by atoms with Gasteiger partial charge in [0.15, 0.2) is 0 Å². The largest absolute Gasteiger partial charge is 0.486 e. The molecule has 0 radical (unpaired) electrons. The summed E-state index contributed by atoms with van der Waals surface area (Å²) in [4.78, 5) is 16.3. The molecular formula is C16H20N4O3. The topological polar surface area (TPSA) is 77.4 Å². The predicted molar refractivity (Wildman–Crippen MR) is 85.2 cm³/mol. The third-order valence-electron chi connectivity index (χ3n) is 3.63. The van der Waals surface area contributed by atoms with E-state index in [-0.39, 0.29) is 5.91 Å². The molecule has 1 amide bonds. The number of benzene rings is 1. The van der Waals surface area contributed by atoms with Crippen molar-refractivity contribution in [1.82, 2.24) is 14.9 Å². The summed E-state index contributed by atoms with van der Waals surface area (Å²) in [7, 11) is 1.92. The monoisotopic (exact) mass is 316 g/mol. The number of carbonyl (C=O) groups excluding carboxylic acids is 1. The summed E-state index contributed by atoms with van der Waals surface area (Å²) in [5.74, 6) is 1.43. The Balaban J connectivity index is 1.52. The zero-order valence-corrected chi connectivity index (χ0v) is 13.0. The molecule has 3 rings (SSSR count). The first-order chi connectivity index (χ1) is 11.2. The molecule has 1 atom stereocenters. The van der Waals surface area contributed by atoms with E-state index in [0.717, 1.165) is 18.1 Å². The number of rotatable bonds is 5. The van der Waals surface area contributed by atoms with E-state index in [0.29, 0.717) is 25.4 Å². The summed E-state index contributed by atoms with van der Waals surface area (Å²) in [5, 5.41) is 5.97. The van der Waals surface area contributed by atoms with Gasteiger partial charge in [-0.15, -0.1) is 0 Å². The van der Waals surface area contributed by atoms with Crippen LogP contribution in [0.5, 0.6) is 5.75 Å². The molecule has 1 aromatic heterocycles. The third kappa shape index (κ3) is 4.08. The second-order valence-electron chi connectivity index (χ2n) is 5.32. The average Bonchev–Trinajstić information content (AvgIpc) is 3.00. The maximum atomic E-state index is 12.1. The number of nitrogens with zero attached hydrogens (tertiary/aromatic N) is 2. The lowest BCUT2D eigenvalue weighted by Crippen LogP contribution is -2.45. The van der Waals surface area contributed by atoms with Crippen LogP contribution in [0.2, 0.25) is 0 Å². The Kier molecular flexibility index (Phi) is 4.89. The highest BCUT2D eigenvalue weighted by Gasteiger charge is 2.21. The van der Waals surface area contributed by atoms with E-state index < -0.39 is 6.10 Å². The summed E-state index contributed by atoms with van der Waals surface area (Å²) in [6, 6.07) is 7.25. The average molecular weight is 316 g/mol. The summed E-state index contributed by atoms with van der Waals surface area (Å²) in [6.45, 7) is 2.28. The number of anilines is 1. The van der Waals surface area contributed by atoms with Gasteiger partial charge in [-0.25, -0.2) is 4.98 Å². The molecule has 0 saturated carbocycles. The Labute approximate surface area is 134 Å². The van der Waals surface area contributed by atoms with Crippen LogP contribution in [0, 0.1) is 0 Å². The van der Waals surface area contributed by atoms with Crippen LogP contribution in [-0.2, 0) is 23.2 Å². The number of carbonyl (C=O) groups is 1. The van der Waals surface area contributed by atoms with Crippen LogP contribution in [0.3, 0.4) is 0 Å². The Morgan fingerprint density at radius 1 is 1.48 bits per heavy atom. The molecule has 7 heteroatoms. The van der Waals surface area contributed by atoms with Crippen LogP contribution >= 0.6 is 0 Å². The van der Waals surface area contributed by atoms with Crippen molar-refractivity contribution in [3.8, 4) is 5.75 Å². The van der Waals surface area contributed by atoms with E-state index in [9.17, 15) is 4.79 Å². The minimum absolute atomic E-state index is 0.140. The third-order valence-corrected chi connectivity index (χ3v) is 3.63. The van der Waals surface area contributed by atoms with Crippen molar-refractivity contribution < 1.29 is 14.3 Å². The van der Waals surface area contributed by atoms with Gasteiger partial charge in [0.2, 0.25) is 0 Å². The molecule has 1 aromatic carbocycles. The van der Waals surface area contributed by atoms with E-state index in [1.165, 1.54) is 0 Å². The van der Waals surface area contributed by atoms with Crippen LogP contribution in [0.1, 0.15) is 5.82 Å². The van der Waals surface area contributed by atoms with Crippen LogP contribution in [0.4, 0.5) is 5.69 Å².